The van der Waals surface area contributed by atoms with Crippen LogP contribution in [0.4, 0.5) is 5.69 Å². The van der Waals surface area contributed by atoms with Crippen LogP contribution in [0.15, 0.2) is 42.5 Å². The van der Waals surface area contributed by atoms with Crippen molar-refractivity contribution in [2.75, 3.05) is 25.6 Å². The molecule has 0 spiro atoms. The second-order valence-corrected chi connectivity index (χ2v) is 5.30. The molecule has 1 amide bonds. The molecule has 2 aromatic rings. The molecular formula is C20H17NO4. The summed E-state index contributed by atoms with van der Waals surface area (Å²) in [7, 11) is 1.56. The summed E-state index contributed by atoms with van der Waals surface area (Å²) in [4.78, 5) is 12.1. The van der Waals surface area contributed by atoms with Gasteiger partial charge < -0.3 is 19.5 Å². The van der Waals surface area contributed by atoms with Crippen molar-refractivity contribution in [2.45, 2.75) is 0 Å². The normalized spacial score (nSPS) is 12.5. The average Bonchev–Trinajstić information content (AvgIpc) is 2.65. The van der Waals surface area contributed by atoms with Crippen LogP contribution in [0.25, 0.3) is 6.08 Å². The number of ether oxygens (including phenoxy) is 3. The van der Waals surface area contributed by atoms with E-state index >= 15 is 0 Å². The van der Waals surface area contributed by atoms with Crippen LogP contribution >= 0.6 is 0 Å². The van der Waals surface area contributed by atoms with E-state index in [9.17, 15) is 4.79 Å². The third-order valence-electron chi connectivity index (χ3n) is 3.57. The predicted molar refractivity (Wildman–Crippen MR) is 96.0 cm³/mol. The van der Waals surface area contributed by atoms with Gasteiger partial charge in [-0.3, -0.25) is 4.79 Å². The van der Waals surface area contributed by atoms with E-state index in [0.29, 0.717) is 41.7 Å². The lowest BCUT2D eigenvalue weighted by Crippen LogP contribution is -2.16. The molecular weight excluding hydrogens is 318 g/mol. The van der Waals surface area contributed by atoms with Crippen LogP contribution in [-0.4, -0.2) is 26.2 Å². The molecule has 1 N–H and O–H groups in total. The first-order valence-electron chi connectivity index (χ1n) is 7.73. The largest absolute Gasteiger partial charge is 0.493 e. The Kier molecular flexibility index (Phi) is 4.91. The highest BCUT2D eigenvalue weighted by atomic mass is 16.6. The molecule has 0 unspecified atom stereocenters. The van der Waals surface area contributed by atoms with Crippen molar-refractivity contribution in [1.29, 1.82) is 0 Å². The van der Waals surface area contributed by atoms with E-state index < -0.39 is 0 Å². The summed E-state index contributed by atoms with van der Waals surface area (Å²) in [5.74, 6) is 4.03. The summed E-state index contributed by atoms with van der Waals surface area (Å²) in [6.07, 6.45) is 8.48. The van der Waals surface area contributed by atoms with E-state index in [4.69, 9.17) is 20.6 Å². The lowest BCUT2D eigenvalue weighted by Gasteiger charge is -2.20. The quantitative estimate of drug-likeness (QED) is 0.689. The fourth-order valence-corrected chi connectivity index (χ4v) is 2.43. The molecule has 0 fully saturated rings. The Hall–Kier alpha value is -3.39. The number of benzene rings is 2. The maximum absolute atomic E-state index is 12.1. The smallest absolute Gasteiger partial charge is 0.248 e. The fourth-order valence-electron chi connectivity index (χ4n) is 2.43. The Morgan fingerprint density at radius 1 is 1.28 bits per heavy atom. The van der Waals surface area contributed by atoms with Crippen molar-refractivity contribution in [3.05, 3.63) is 53.6 Å². The van der Waals surface area contributed by atoms with E-state index in [1.165, 1.54) is 6.08 Å². The first-order valence-corrected chi connectivity index (χ1v) is 7.73. The van der Waals surface area contributed by atoms with Crippen molar-refractivity contribution in [1.82, 2.24) is 0 Å². The first-order chi connectivity index (χ1) is 12.2. The molecule has 1 aliphatic rings. The Balaban J connectivity index is 1.75. The Bertz CT molecular complexity index is 847. The number of hydrogen-bond donors (Lipinski definition) is 1. The lowest BCUT2D eigenvalue weighted by molar-refractivity contribution is -0.111. The van der Waals surface area contributed by atoms with E-state index in [1.54, 1.807) is 49.6 Å². The number of hydrogen-bond acceptors (Lipinski definition) is 4. The van der Waals surface area contributed by atoms with E-state index in [0.717, 1.165) is 5.56 Å². The van der Waals surface area contributed by atoms with Gasteiger partial charge in [-0.15, -0.1) is 6.42 Å². The van der Waals surface area contributed by atoms with Crippen LogP contribution in [0.5, 0.6) is 17.2 Å². The fraction of sp³-hybridized carbons (Fsp3) is 0.150. The summed E-state index contributed by atoms with van der Waals surface area (Å²) < 4.78 is 16.5. The third-order valence-corrected chi connectivity index (χ3v) is 3.57. The number of terminal acetylenes is 1. The van der Waals surface area contributed by atoms with Gasteiger partial charge in [-0.05, 0) is 42.0 Å². The summed E-state index contributed by atoms with van der Waals surface area (Å²) in [6.45, 7) is 0.965. The molecule has 1 heterocycles. The number of carbonyl (C=O) groups is 1. The van der Waals surface area contributed by atoms with Crippen molar-refractivity contribution < 1.29 is 19.0 Å². The summed E-state index contributed by atoms with van der Waals surface area (Å²) in [6, 6.07) is 10.7. The molecule has 1 aliphatic heterocycles. The van der Waals surface area contributed by atoms with Crippen molar-refractivity contribution in [2.24, 2.45) is 0 Å². The number of rotatable bonds is 4. The van der Waals surface area contributed by atoms with Gasteiger partial charge in [0.25, 0.3) is 0 Å². The molecule has 0 saturated carbocycles. The van der Waals surface area contributed by atoms with Gasteiger partial charge in [0.05, 0.1) is 7.11 Å². The molecule has 126 valence electrons. The molecule has 5 nitrogen and oxygen atoms in total. The van der Waals surface area contributed by atoms with Gasteiger partial charge in [-0.2, -0.15) is 0 Å². The summed E-state index contributed by atoms with van der Waals surface area (Å²) in [5.41, 5.74) is 2.12. The molecule has 0 bridgehead atoms. The monoisotopic (exact) mass is 335 g/mol. The number of carbonyl (C=O) groups excluding carboxylic acids is 1. The van der Waals surface area contributed by atoms with Crippen molar-refractivity contribution >= 4 is 17.7 Å². The summed E-state index contributed by atoms with van der Waals surface area (Å²) in [5, 5.41) is 2.77. The molecule has 25 heavy (non-hydrogen) atoms. The van der Waals surface area contributed by atoms with Gasteiger partial charge in [0, 0.05) is 17.3 Å². The second kappa shape index (κ2) is 7.45. The minimum Gasteiger partial charge on any atom is -0.493 e. The van der Waals surface area contributed by atoms with E-state index in [1.807, 2.05) is 0 Å². The predicted octanol–water partition coefficient (Wildman–Crippen LogP) is 3.10. The van der Waals surface area contributed by atoms with Crippen LogP contribution in [0, 0.1) is 12.3 Å². The maximum atomic E-state index is 12.1. The first kappa shape index (κ1) is 16.5. The van der Waals surface area contributed by atoms with Crippen LogP contribution in [0.2, 0.25) is 0 Å². The number of amides is 1. The highest BCUT2D eigenvalue weighted by molar-refractivity contribution is 6.02. The zero-order valence-electron chi connectivity index (χ0n) is 13.7. The maximum Gasteiger partial charge on any atom is 0.248 e. The SMILES string of the molecule is C#Cc1cccc(NC(=O)/C=C/c2cc(OC)c3c(c2)OCCO3)c1. The number of fused-ring (bicyclic) bond motifs is 1. The lowest BCUT2D eigenvalue weighted by atomic mass is 10.1. The average molecular weight is 335 g/mol. The highest BCUT2D eigenvalue weighted by Gasteiger charge is 2.17. The Labute approximate surface area is 146 Å². The molecule has 0 radical (unpaired) electrons. The molecule has 2 aromatic carbocycles. The zero-order chi connectivity index (χ0) is 17.6. The second-order valence-electron chi connectivity index (χ2n) is 5.30. The standard InChI is InChI=1S/C20H17NO4/c1-3-14-5-4-6-16(11-14)21-19(22)8-7-15-12-17(23-2)20-18(13-15)24-9-10-25-20/h1,4-8,11-13H,9-10H2,2H3,(H,21,22)/b8-7+. The van der Waals surface area contributed by atoms with Crippen molar-refractivity contribution in [3.63, 3.8) is 0 Å². The van der Waals surface area contributed by atoms with Gasteiger partial charge >= 0.3 is 0 Å². The zero-order valence-corrected chi connectivity index (χ0v) is 13.7. The third kappa shape index (κ3) is 3.93. The van der Waals surface area contributed by atoms with E-state index in [-0.39, 0.29) is 5.91 Å². The van der Waals surface area contributed by atoms with Gasteiger partial charge in [0.1, 0.15) is 13.2 Å². The molecule has 0 atom stereocenters. The number of anilines is 1. The van der Waals surface area contributed by atoms with Crippen LogP contribution in [-0.2, 0) is 4.79 Å². The van der Waals surface area contributed by atoms with Gasteiger partial charge in [0.2, 0.25) is 11.7 Å². The minimum atomic E-state index is -0.261. The van der Waals surface area contributed by atoms with Crippen LogP contribution in [0.3, 0.4) is 0 Å². The molecule has 0 aromatic heterocycles. The Morgan fingerprint density at radius 3 is 2.92 bits per heavy atom. The van der Waals surface area contributed by atoms with E-state index in [2.05, 4.69) is 11.2 Å². The van der Waals surface area contributed by atoms with Crippen LogP contribution < -0.4 is 19.5 Å². The van der Waals surface area contributed by atoms with Crippen molar-refractivity contribution in [3.8, 4) is 29.6 Å². The van der Waals surface area contributed by atoms with Gasteiger partial charge in [-0.1, -0.05) is 12.0 Å². The highest BCUT2D eigenvalue weighted by Crippen LogP contribution is 2.40. The molecule has 5 heteroatoms. The minimum absolute atomic E-state index is 0.261. The Morgan fingerprint density at radius 2 is 2.12 bits per heavy atom. The molecule has 3 rings (SSSR count). The number of methoxy groups -OCH3 is 1. The molecule has 0 saturated heterocycles. The topological polar surface area (TPSA) is 56.8 Å². The number of nitrogens with one attached hydrogen (secondary N) is 1. The van der Waals surface area contributed by atoms with Crippen LogP contribution in [0.1, 0.15) is 11.1 Å². The van der Waals surface area contributed by atoms with Gasteiger partial charge in [-0.25, -0.2) is 0 Å². The van der Waals surface area contributed by atoms with Gasteiger partial charge in [0.15, 0.2) is 11.5 Å². The molecule has 0 aliphatic carbocycles. The summed E-state index contributed by atoms with van der Waals surface area (Å²) >= 11 is 0.